The highest BCUT2D eigenvalue weighted by atomic mass is 79.9. The molecule has 0 bridgehead atoms. The topological polar surface area (TPSA) is 39.2 Å². The smallest absolute Gasteiger partial charge is 0.141 e. The highest BCUT2D eigenvalue weighted by Crippen LogP contribution is 2.23. The number of rotatable bonds is 5. The molecule has 2 rings (SSSR count). The number of Topliss-reactive ketones (excluding diaryl/α,β-unsaturated/α-hetero) is 1. The van der Waals surface area contributed by atoms with E-state index in [0.717, 1.165) is 21.3 Å². The third kappa shape index (κ3) is 3.89. The molecular formula is C15H14BrNO2. The van der Waals surface area contributed by atoms with Crippen LogP contribution in [0.15, 0.2) is 47.2 Å². The van der Waals surface area contributed by atoms with E-state index in [9.17, 15) is 4.79 Å². The number of aromatic nitrogens is 1. The minimum absolute atomic E-state index is 0.143. The van der Waals surface area contributed by atoms with Crippen molar-refractivity contribution in [3.63, 3.8) is 0 Å². The van der Waals surface area contributed by atoms with Gasteiger partial charge in [-0.25, -0.2) is 0 Å². The molecule has 1 heterocycles. The molecule has 0 unspecified atom stereocenters. The normalized spacial score (nSPS) is 10.2. The van der Waals surface area contributed by atoms with Gasteiger partial charge in [0, 0.05) is 35.3 Å². The highest BCUT2D eigenvalue weighted by Gasteiger charge is 2.10. The molecule has 0 aliphatic carbocycles. The first kappa shape index (κ1) is 13.7. The van der Waals surface area contributed by atoms with E-state index in [2.05, 4.69) is 20.9 Å². The molecule has 0 spiro atoms. The van der Waals surface area contributed by atoms with Crippen molar-refractivity contribution in [2.75, 3.05) is 7.11 Å². The Hall–Kier alpha value is -1.68. The number of nitrogens with zero attached hydrogens (tertiary/aromatic N) is 1. The Morgan fingerprint density at radius 1 is 1.32 bits per heavy atom. The first-order chi connectivity index (χ1) is 9.19. The molecule has 0 radical (unpaired) electrons. The fourth-order valence-corrected chi connectivity index (χ4v) is 2.30. The summed E-state index contributed by atoms with van der Waals surface area (Å²) in [5.41, 5.74) is 1.83. The first-order valence-electron chi connectivity index (χ1n) is 5.92. The van der Waals surface area contributed by atoms with Gasteiger partial charge in [0.1, 0.15) is 11.5 Å². The van der Waals surface area contributed by atoms with Crippen LogP contribution in [0, 0.1) is 0 Å². The molecular weight excluding hydrogens is 306 g/mol. The number of pyridine rings is 1. The lowest BCUT2D eigenvalue weighted by Crippen LogP contribution is -2.07. The zero-order chi connectivity index (χ0) is 13.7. The lowest BCUT2D eigenvalue weighted by Gasteiger charge is -2.08. The number of ether oxygens (including phenoxy) is 1. The Morgan fingerprint density at radius 3 is 2.84 bits per heavy atom. The van der Waals surface area contributed by atoms with Crippen molar-refractivity contribution < 1.29 is 9.53 Å². The summed E-state index contributed by atoms with van der Waals surface area (Å²) < 4.78 is 6.21. The second kappa shape index (κ2) is 6.48. The van der Waals surface area contributed by atoms with Gasteiger partial charge >= 0.3 is 0 Å². The van der Waals surface area contributed by atoms with Crippen LogP contribution in [0.5, 0.6) is 5.75 Å². The number of benzene rings is 1. The van der Waals surface area contributed by atoms with Gasteiger partial charge in [0.25, 0.3) is 0 Å². The summed E-state index contributed by atoms with van der Waals surface area (Å²) in [6.45, 7) is 0. The van der Waals surface area contributed by atoms with Gasteiger partial charge < -0.3 is 4.74 Å². The number of methoxy groups -OCH3 is 1. The van der Waals surface area contributed by atoms with E-state index in [1.54, 1.807) is 19.5 Å². The van der Waals surface area contributed by atoms with Crippen LogP contribution >= 0.6 is 15.9 Å². The van der Waals surface area contributed by atoms with Crippen LogP contribution in [0.25, 0.3) is 0 Å². The predicted octanol–water partition coefficient (Wildman–Crippen LogP) is 3.21. The Labute approximate surface area is 120 Å². The molecule has 0 saturated heterocycles. The Bertz CT molecular complexity index is 570. The van der Waals surface area contributed by atoms with Crippen molar-refractivity contribution in [2.24, 2.45) is 0 Å². The van der Waals surface area contributed by atoms with E-state index in [-0.39, 0.29) is 5.78 Å². The second-order valence-electron chi connectivity index (χ2n) is 4.21. The van der Waals surface area contributed by atoms with Crippen LogP contribution in [0.4, 0.5) is 0 Å². The van der Waals surface area contributed by atoms with Crippen molar-refractivity contribution in [3.05, 3.63) is 58.3 Å². The van der Waals surface area contributed by atoms with Crippen molar-refractivity contribution in [1.82, 2.24) is 4.98 Å². The molecule has 0 aliphatic rings. The molecule has 98 valence electrons. The summed E-state index contributed by atoms with van der Waals surface area (Å²) >= 11 is 3.41. The quantitative estimate of drug-likeness (QED) is 0.849. The van der Waals surface area contributed by atoms with Gasteiger partial charge in [-0.15, -0.1) is 0 Å². The van der Waals surface area contributed by atoms with E-state index in [1.807, 2.05) is 30.3 Å². The Balaban J connectivity index is 2.09. The summed E-state index contributed by atoms with van der Waals surface area (Å²) in [5.74, 6) is 0.882. The largest absolute Gasteiger partial charge is 0.496 e. The second-order valence-corrected chi connectivity index (χ2v) is 5.13. The number of hydrogen-bond acceptors (Lipinski definition) is 3. The highest BCUT2D eigenvalue weighted by molar-refractivity contribution is 9.10. The molecule has 0 atom stereocenters. The van der Waals surface area contributed by atoms with Crippen LogP contribution in [0.2, 0.25) is 0 Å². The summed E-state index contributed by atoms with van der Waals surface area (Å²) in [6.07, 6.45) is 4.17. The Morgan fingerprint density at radius 2 is 2.16 bits per heavy atom. The van der Waals surface area contributed by atoms with Crippen LogP contribution in [-0.2, 0) is 17.6 Å². The van der Waals surface area contributed by atoms with Gasteiger partial charge in [0.05, 0.1) is 7.11 Å². The van der Waals surface area contributed by atoms with Gasteiger partial charge in [-0.1, -0.05) is 22.0 Å². The number of ketones is 1. The van der Waals surface area contributed by atoms with Crippen molar-refractivity contribution in [1.29, 1.82) is 0 Å². The summed E-state index contributed by atoms with van der Waals surface area (Å²) in [5, 5.41) is 0. The number of halogens is 1. The molecule has 0 N–H and O–H groups in total. The maximum absolute atomic E-state index is 12.1. The molecule has 1 aromatic carbocycles. The minimum atomic E-state index is 0.143. The van der Waals surface area contributed by atoms with Crippen molar-refractivity contribution >= 4 is 21.7 Å². The zero-order valence-electron chi connectivity index (χ0n) is 10.6. The molecule has 1 aromatic heterocycles. The molecule has 0 saturated carbocycles. The fourth-order valence-electron chi connectivity index (χ4n) is 1.89. The van der Waals surface area contributed by atoms with Crippen LogP contribution < -0.4 is 4.74 Å². The van der Waals surface area contributed by atoms with E-state index >= 15 is 0 Å². The molecule has 4 heteroatoms. The average Bonchev–Trinajstić information content (AvgIpc) is 2.40. The molecule has 19 heavy (non-hydrogen) atoms. The fraction of sp³-hybridized carbons (Fsp3) is 0.200. The summed E-state index contributed by atoms with van der Waals surface area (Å²) in [6, 6.07) is 9.41. The van der Waals surface area contributed by atoms with E-state index in [1.165, 1.54) is 0 Å². The predicted molar refractivity (Wildman–Crippen MR) is 77.3 cm³/mol. The number of carbonyl (C=O) groups excluding carboxylic acids is 1. The Kier molecular flexibility index (Phi) is 4.68. The summed E-state index contributed by atoms with van der Waals surface area (Å²) in [4.78, 5) is 16.1. The van der Waals surface area contributed by atoms with Gasteiger partial charge in [-0.3, -0.25) is 9.78 Å². The first-order valence-corrected chi connectivity index (χ1v) is 6.71. The lowest BCUT2D eigenvalue weighted by molar-refractivity contribution is -0.117. The maximum atomic E-state index is 12.1. The molecule has 3 nitrogen and oxygen atoms in total. The van der Waals surface area contributed by atoms with E-state index in [0.29, 0.717) is 12.8 Å². The van der Waals surface area contributed by atoms with Gasteiger partial charge in [-0.2, -0.15) is 0 Å². The SMILES string of the molecule is COc1ccc(Br)cc1CC(=O)Cc1cccnc1. The number of carbonyl (C=O) groups is 1. The molecule has 0 aliphatic heterocycles. The third-order valence-electron chi connectivity index (χ3n) is 2.75. The van der Waals surface area contributed by atoms with Gasteiger partial charge in [-0.05, 0) is 29.8 Å². The minimum Gasteiger partial charge on any atom is -0.496 e. The third-order valence-corrected chi connectivity index (χ3v) is 3.25. The van der Waals surface area contributed by atoms with E-state index in [4.69, 9.17) is 4.74 Å². The van der Waals surface area contributed by atoms with Crippen molar-refractivity contribution in [3.8, 4) is 5.75 Å². The van der Waals surface area contributed by atoms with Gasteiger partial charge in [0.15, 0.2) is 0 Å². The molecule has 0 amide bonds. The van der Waals surface area contributed by atoms with Crippen LogP contribution in [0.3, 0.4) is 0 Å². The number of hydrogen-bond donors (Lipinski definition) is 0. The average molecular weight is 320 g/mol. The lowest BCUT2D eigenvalue weighted by atomic mass is 10.0. The van der Waals surface area contributed by atoms with E-state index < -0.39 is 0 Å². The van der Waals surface area contributed by atoms with Gasteiger partial charge in [0.2, 0.25) is 0 Å². The van der Waals surface area contributed by atoms with Crippen LogP contribution in [0.1, 0.15) is 11.1 Å². The zero-order valence-corrected chi connectivity index (χ0v) is 12.2. The monoisotopic (exact) mass is 319 g/mol. The maximum Gasteiger partial charge on any atom is 0.141 e. The molecule has 0 fully saturated rings. The van der Waals surface area contributed by atoms with Crippen molar-refractivity contribution in [2.45, 2.75) is 12.8 Å². The standard InChI is InChI=1S/C15H14BrNO2/c1-19-15-5-4-13(16)8-12(15)9-14(18)7-11-3-2-6-17-10-11/h2-6,8,10H,7,9H2,1H3. The van der Waals surface area contributed by atoms with Crippen LogP contribution in [-0.4, -0.2) is 17.9 Å². The summed E-state index contributed by atoms with van der Waals surface area (Å²) in [7, 11) is 1.61. The molecule has 2 aromatic rings.